The standard InChI is InChI=1S/C22H25N3O3S2/c1-15-8-9-18-19(14-23)22(29-20(18)12-15)24-21(26)16-6-5-7-17(13-16)30(27,28)25-10-3-2-4-11-25/h5-7,13,15H,2-4,8-12H2,1H3,(H,24,26)/t15-/m0/s1. The van der Waals surface area contributed by atoms with Crippen molar-refractivity contribution in [3.8, 4) is 6.07 Å². The molecule has 6 nitrogen and oxygen atoms in total. The molecule has 1 aliphatic heterocycles. The monoisotopic (exact) mass is 443 g/mol. The summed E-state index contributed by atoms with van der Waals surface area (Å²) < 4.78 is 27.4. The number of piperidine rings is 1. The number of nitriles is 1. The van der Waals surface area contributed by atoms with Gasteiger partial charge in [0.15, 0.2) is 0 Å². The first-order valence-corrected chi connectivity index (χ1v) is 12.6. The van der Waals surface area contributed by atoms with Crippen LogP contribution in [-0.2, 0) is 22.9 Å². The zero-order valence-corrected chi connectivity index (χ0v) is 18.6. The molecule has 2 aliphatic rings. The van der Waals surface area contributed by atoms with Gasteiger partial charge in [0.25, 0.3) is 5.91 Å². The molecule has 0 bridgehead atoms. The minimum absolute atomic E-state index is 0.136. The lowest BCUT2D eigenvalue weighted by molar-refractivity contribution is 0.102. The minimum Gasteiger partial charge on any atom is -0.312 e. The molecular weight excluding hydrogens is 418 g/mol. The summed E-state index contributed by atoms with van der Waals surface area (Å²) in [5, 5.41) is 13.0. The Morgan fingerprint density at radius 2 is 2.03 bits per heavy atom. The molecule has 2 heterocycles. The predicted octanol–water partition coefficient (Wildman–Crippen LogP) is 4.17. The van der Waals surface area contributed by atoms with Gasteiger partial charge in [-0.3, -0.25) is 4.79 Å². The summed E-state index contributed by atoms with van der Waals surface area (Å²) in [6.07, 6.45) is 5.58. The molecule has 2 aromatic rings. The number of anilines is 1. The van der Waals surface area contributed by atoms with Gasteiger partial charge in [0.2, 0.25) is 10.0 Å². The quantitative estimate of drug-likeness (QED) is 0.768. The van der Waals surface area contributed by atoms with E-state index in [-0.39, 0.29) is 10.5 Å². The van der Waals surface area contributed by atoms with Crippen LogP contribution in [0, 0.1) is 17.2 Å². The number of carbonyl (C=O) groups is 1. The van der Waals surface area contributed by atoms with Gasteiger partial charge < -0.3 is 5.32 Å². The van der Waals surface area contributed by atoms with Gasteiger partial charge in [-0.2, -0.15) is 9.57 Å². The average molecular weight is 444 g/mol. The van der Waals surface area contributed by atoms with Crippen molar-refractivity contribution in [3.05, 3.63) is 45.8 Å². The van der Waals surface area contributed by atoms with Gasteiger partial charge in [-0.05, 0) is 61.8 Å². The van der Waals surface area contributed by atoms with Gasteiger partial charge in [0.1, 0.15) is 11.1 Å². The van der Waals surface area contributed by atoms with E-state index in [2.05, 4.69) is 18.3 Å². The van der Waals surface area contributed by atoms with Crippen LogP contribution >= 0.6 is 11.3 Å². The molecule has 0 radical (unpaired) electrons. The van der Waals surface area contributed by atoms with E-state index >= 15 is 0 Å². The molecule has 1 atom stereocenters. The lowest BCUT2D eigenvalue weighted by Crippen LogP contribution is -2.35. The molecule has 0 unspecified atom stereocenters. The first kappa shape index (κ1) is 21.0. The number of sulfonamides is 1. The lowest BCUT2D eigenvalue weighted by Gasteiger charge is -2.26. The number of nitrogens with one attached hydrogen (secondary N) is 1. The second kappa shape index (κ2) is 8.50. The van der Waals surface area contributed by atoms with E-state index < -0.39 is 15.9 Å². The number of amides is 1. The summed E-state index contributed by atoms with van der Waals surface area (Å²) in [7, 11) is -3.61. The summed E-state index contributed by atoms with van der Waals surface area (Å²) >= 11 is 1.46. The molecule has 1 amide bonds. The summed E-state index contributed by atoms with van der Waals surface area (Å²) in [6, 6.07) is 8.41. The number of fused-ring (bicyclic) bond motifs is 1. The number of thiophene rings is 1. The third-order valence-electron chi connectivity index (χ3n) is 5.90. The highest BCUT2D eigenvalue weighted by molar-refractivity contribution is 7.89. The van der Waals surface area contributed by atoms with Crippen molar-refractivity contribution in [1.82, 2.24) is 4.31 Å². The first-order chi connectivity index (χ1) is 14.4. The van der Waals surface area contributed by atoms with Crippen molar-refractivity contribution in [2.24, 2.45) is 5.92 Å². The Bertz CT molecular complexity index is 1110. The molecule has 0 saturated carbocycles. The zero-order chi connectivity index (χ0) is 21.3. The van der Waals surface area contributed by atoms with E-state index in [1.165, 1.54) is 32.7 Å². The highest BCUT2D eigenvalue weighted by atomic mass is 32.2. The second-order valence-electron chi connectivity index (χ2n) is 8.11. The zero-order valence-electron chi connectivity index (χ0n) is 17.0. The normalized spacial score (nSPS) is 19.7. The fraction of sp³-hybridized carbons (Fsp3) is 0.455. The van der Waals surface area contributed by atoms with Crippen LogP contribution in [0.1, 0.15) is 59.0 Å². The van der Waals surface area contributed by atoms with Crippen molar-refractivity contribution in [2.45, 2.75) is 50.3 Å². The molecule has 0 spiro atoms. The van der Waals surface area contributed by atoms with E-state index in [1.54, 1.807) is 12.1 Å². The maximum Gasteiger partial charge on any atom is 0.256 e. The lowest BCUT2D eigenvalue weighted by atomic mass is 9.88. The van der Waals surface area contributed by atoms with Crippen molar-refractivity contribution in [1.29, 1.82) is 5.26 Å². The summed E-state index contributed by atoms with van der Waals surface area (Å²) in [5.74, 6) is 0.178. The third-order valence-corrected chi connectivity index (χ3v) is 8.96. The number of hydrogen-bond donors (Lipinski definition) is 1. The Balaban J connectivity index is 1.58. The minimum atomic E-state index is -3.61. The molecule has 1 aromatic carbocycles. The molecule has 158 valence electrons. The van der Waals surface area contributed by atoms with Crippen LogP contribution in [0.4, 0.5) is 5.00 Å². The fourth-order valence-electron chi connectivity index (χ4n) is 4.18. The number of carbonyl (C=O) groups excluding carboxylic acids is 1. The van der Waals surface area contributed by atoms with Gasteiger partial charge in [0, 0.05) is 23.5 Å². The fourth-order valence-corrected chi connectivity index (χ4v) is 7.10. The van der Waals surface area contributed by atoms with E-state index in [1.807, 2.05) is 0 Å². The Hall–Kier alpha value is -2.21. The van der Waals surface area contributed by atoms with E-state index in [9.17, 15) is 18.5 Å². The first-order valence-electron chi connectivity index (χ1n) is 10.4. The largest absolute Gasteiger partial charge is 0.312 e. The van der Waals surface area contributed by atoms with Crippen LogP contribution in [0.15, 0.2) is 29.2 Å². The van der Waals surface area contributed by atoms with Gasteiger partial charge in [-0.1, -0.05) is 19.4 Å². The van der Waals surface area contributed by atoms with E-state index in [0.29, 0.717) is 29.6 Å². The molecule has 1 saturated heterocycles. The SMILES string of the molecule is C[C@H]1CCc2c(sc(NC(=O)c3cccc(S(=O)(=O)N4CCCCC4)c3)c2C#N)C1. The topological polar surface area (TPSA) is 90.3 Å². The van der Waals surface area contributed by atoms with Crippen molar-refractivity contribution >= 4 is 32.3 Å². The van der Waals surface area contributed by atoms with E-state index in [4.69, 9.17) is 0 Å². The van der Waals surface area contributed by atoms with Crippen molar-refractivity contribution < 1.29 is 13.2 Å². The maximum atomic E-state index is 12.9. The Labute approximate surface area is 181 Å². The van der Waals surface area contributed by atoms with Gasteiger partial charge in [-0.15, -0.1) is 11.3 Å². The third kappa shape index (κ3) is 4.02. The summed E-state index contributed by atoms with van der Waals surface area (Å²) in [6.45, 7) is 3.23. The Kier molecular flexibility index (Phi) is 5.96. The van der Waals surface area contributed by atoms with Crippen LogP contribution in [0.2, 0.25) is 0 Å². The van der Waals surface area contributed by atoms with Crippen LogP contribution in [0.5, 0.6) is 0 Å². The molecule has 8 heteroatoms. The molecular formula is C22H25N3O3S2. The van der Waals surface area contributed by atoms with Crippen LogP contribution < -0.4 is 5.32 Å². The molecule has 1 fully saturated rings. The van der Waals surface area contributed by atoms with Gasteiger partial charge in [0.05, 0.1) is 10.5 Å². The van der Waals surface area contributed by atoms with Gasteiger partial charge >= 0.3 is 0 Å². The molecule has 4 rings (SSSR count). The van der Waals surface area contributed by atoms with Crippen LogP contribution in [0.3, 0.4) is 0 Å². The average Bonchev–Trinajstić information content (AvgIpc) is 3.10. The molecule has 1 N–H and O–H groups in total. The highest BCUT2D eigenvalue weighted by Gasteiger charge is 2.28. The van der Waals surface area contributed by atoms with Crippen molar-refractivity contribution in [3.63, 3.8) is 0 Å². The molecule has 1 aromatic heterocycles. The Morgan fingerprint density at radius 3 is 2.77 bits per heavy atom. The second-order valence-corrected chi connectivity index (χ2v) is 11.2. The van der Waals surface area contributed by atoms with Gasteiger partial charge in [-0.25, -0.2) is 8.42 Å². The smallest absolute Gasteiger partial charge is 0.256 e. The maximum absolute atomic E-state index is 12.9. The highest BCUT2D eigenvalue weighted by Crippen LogP contribution is 2.39. The molecule has 30 heavy (non-hydrogen) atoms. The summed E-state index contributed by atoms with van der Waals surface area (Å²) in [5.41, 5.74) is 1.88. The molecule has 1 aliphatic carbocycles. The number of nitrogens with zero attached hydrogens (tertiary/aromatic N) is 2. The van der Waals surface area contributed by atoms with E-state index in [0.717, 1.165) is 44.1 Å². The van der Waals surface area contributed by atoms with Crippen LogP contribution in [0.25, 0.3) is 0 Å². The summed E-state index contributed by atoms with van der Waals surface area (Å²) in [4.78, 5) is 14.2. The van der Waals surface area contributed by atoms with Crippen molar-refractivity contribution in [2.75, 3.05) is 18.4 Å². The number of rotatable bonds is 4. The number of hydrogen-bond acceptors (Lipinski definition) is 5. The predicted molar refractivity (Wildman–Crippen MR) is 117 cm³/mol. The Morgan fingerprint density at radius 1 is 1.27 bits per heavy atom. The van der Waals surface area contributed by atoms with Crippen LogP contribution in [-0.4, -0.2) is 31.7 Å². The number of benzene rings is 1.